The zero-order valence-corrected chi connectivity index (χ0v) is 6.35. The minimum atomic E-state index is -0.908. The van der Waals surface area contributed by atoms with Crippen molar-refractivity contribution in [2.45, 2.75) is 32.2 Å². The van der Waals surface area contributed by atoms with E-state index in [1.54, 1.807) is 0 Å². The minimum Gasteiger partial charge on any atom is -0.465 e. The summed E-state index contributed by atoms with van der Waals surface area (Å²) in [5, 5.41) is 10.9. The number of carboxylic acid groups (broad SMARTS) is 1. The lowest BCUT2D eigenvalue weighted by Gasteiger charge is -2.45. The summed E-state index contributed by atoms with van der Waals surface area (Å²) in [5.74, 6) is 0.489. The molecule has 0 radical (unpaired) electrons. The van der Waals surface area contributed by atoms with Gasteiger partial charge in [0.1, 0.15) is 0 Å². The second-order valence-corrected chi connectivity index (χ2v) is 3.29. The Morgan fingerprint density at radius 1 is 1.80 bits per heavy atom. The molecule has 0 spiro atoms. The summed E-state index contributed by atoms with van der Waals surface area (Å²) in [5.41, 5.74) is -0.147. The van der Waals surface area contributed by atoms with Gasteiger partial charge in [-0.2, -0.15) is 0 Å². The molecule has 2 unspecified atom stereocenters. The third-order valence-corrected chi connectivity index (χ3v) is 2.58. The molecular formula is C7H13NO2. The van der Waals surface area contributed by atoms with E-state index in [0.29, 0.717) is 5.92 Å². The summed E-state index contributed by atoms with van der Waals surface area (Å²) in [6, 6.07) is 0. The van der Waals surface area contributed by atoms with Gasteiger partial charge in [-0.25, -0.2) is 4.79 Å². The average molecular weight is 143 g/mol. The van der Waals surface area contributed by atoms with Crippen molar-refractivity contribution in [3.63, 3.8) is 0 Å². The average Bonchev–Trinajstić information content (AvgIpc) is 1.84. The van der Waals surface area contributed by atoms with Crippen LogP contribution in [0.5, 0.6) is 0 Å². The maximum absolute atomic E-state index is 10.2. The van der Waals surface area contributed by atoms with Crippen molar-refractivity contribution >= 4 is 6.09 Å². The monoisotopic (exact) mass is 143 g/mol. The van der Waals surface area contributed by atoms with Crippen LogP contribution in [0.4, 0.5) is 4.79 Å². The summed E-state index contributed by atoms with van der Waals surface area (Å²) >= 11 is 0. The second-order valence-electron chi connectivity index (χ2n) is 3.29. The van der Waals surface area contributed by atoms with Gasteiger partial charge in [0, 0.05) is 5.54 Å². The van der Waals surface area contributed by atoms with Crippen molar-refractivity contribution in [3.05, 3.63) is 0 Å². The molecule has 1 aliphatic rings. The minimum absolute atomic E-state index is 0.147. The molecule has 0 aromatic rings. The molecule has 1 fully saturated rings. The molecule has 1 amide bonds. The fraction of sp³-hybridized carbons (Fsp3) is 0.857. The molecule has 1 aliphatic carbocycles. The van der Waals surface area contributed by atoms with E-state index in [-0.39, 0.29) is 5.54 Å². The third kappa shape index (κ3) is 1.08. The van der Waals surface area contributed by atoms with Crippen molar-refractivity contribution in [2.24, 2.45) is 5.92 Å². The van der Waals surface area contributed by atoms with Gasteiger partial charge in [-0.05, 0) is 25.7 Å². The Morgan fingerprint density at radius 3 is 2.50 bits per heavy atom. The quantitative estimate of drug-likeness (QED) is 0.583. The summed E-state index contributed by atoms with van der Waals surface area (Å²) in [7, 11) is 0. The first-order chi connectivity index (χ1) is 4.54. The van der Waals surface area contributed by atoms with Gasteiger partial charge in [0.15, 0.2) is 0 Å². The highest BCUT2D eigenvalue weighted by atomic mass is 16.4. The highest BCUT2D eigenvalue weighted by Crippen LogP contribution is 2.37. The van der Waals surface area contributed by atoms with Crippen LogP contribution in [-0.4, -0.2) is 16.7 Å². The Bertz CT molecular complexity index is 158. The van der Waals surface area contributed by atoms with Gasteiger partial charge in [0.05, 0.1) is 0 Å². The van der Waals surface area contributed by atoms with Crippen molar-refractivity contribution < 1.29 is 9.90 Å². The maximum Gasteiger partial charge on any atom is 0.405 e. The Balaban J connectivity index is 2.45. The predicted octanol–water partition coefficient (Wildman–Crippen LogP) is 1.44. The van der Waals surface area contributed by atoms with Crippen LogP contribution in [0.15, 0.2) is 0 Å². The van der Waals surface area contributed by atoms with E-state index in [0.717, 1.165) is 12.8 Å². The van der Waals surface area contributed by atoms with E-state index < -0.39 is 6.09 Å². The van der Waals surface area contributed by atoms with Crippen LogP contribution in [0, 0.1) is 5.92 Å². The first-order valence-corrected chi connectivity index (χ1v) is 3.56. The molecule has 0 saturated heterocycles. The van der Waals surface area contributed by atoms with Crippen molar-refractivity contribution in [1.29, 1.82) is 0 Å². The van der Waals surface area contributed by atoms with E-state index in [1.807, 2.05) is 6.92 Å². The Kier molecular flexibility index (Phi) is 1.58. The molecule has 58 valence electrons. The number of rotatable bonds is 1. The van der Waals surface area contributed by atoms with Crippen LogP contribution in [0.3, 0.4) is 0 Å². The smallest absolute Gasteiger partial charge is 0.405 e. The highest BCUT2D eigenvalue weighted by Gasteiger charge is 2.40. The third-order valence-electron chi connectivity index (χ3n) is 2.58. The summed E-state index contributed by atoms with van der Waals surface area (Å²) in [6.07, 6.45) is 1.20. The van der Waals surface area contributed by atoms with Gasteiger partial charge < -0.3 is 10.4 Å². The summed E-state index contributed by atoms with van der Waals surface area (Å²) < 4.78 is 0. The molecule has 0 aromatic carbocycles. The molecule has 2 atom stereocenters. The van der Waals surface area contributed by atoms with Gasteiger partial charge in [-0.3, -0.25) is 0 Å². The molecular weight excluding hydrogens is 130 g/mol. The molecule has 0 aliphatic heterocycles. The van der Waals surface area contributed by atoms with E-state index in [2.05, 4.69) is 12.2 Å². The Labute approximate surface area is 60.4 Å². The van der Waals surface area contributed by atoms with Gasteiger partial charge in [-0.15, -0.1) is 0 Å². The molecule has 0 bridgehead atoms. The SMILES string of the molecule is CC1CCC1(C)NC(=O)O. The van der Waals surface area contributed by atoms with E-state index in [9.17, 15) is 4.79 Å². The van der Waals surface area contributed by atoms with E-state index >= 15 is 0 Å². The number of hydrogen-bond donors (Lipinski definition) is 2. The van der Waals surface area contributed by atoms with Gasteiger partial charge in [-0.1, -0.05) is 6.92 Å². The second kappa shape index (κ2) is 2.15. The summed E-state index contributed by atoms with van der Waals surface area (Å²) in [4.78, 5) is 10.2. The summed E-state index contributed by atoms with van der Waals surface area (Å²) in [6.45, 7) is 4.02. The normalized spacial score (nSPS) is 38.4. The maximum atomic E-state index is 10.2. The lowest BCUT2D eigenvalue weighted by Crippen LogP contribution is -2.56. The standard InChI is InChI=1S/C7H13NO2/c1-5-3-4-7(5,2)8-6(9)10/h5,8H,3-4H2,1-2H3,(H,9,10). The Morgan fingerprint density at radius 2 is 2.40 bits per heavy atom. The zero-order valence-electron chi connectivity index (χ0n) is 6.35. The number of amides is 1. The molecule has 0 aromatic heterocycles. The zero-order chi connectivity index (χ0) is 7.78. The number of carbonyl (C=O) groups is 1. The van der Waals surface area contributed by atoms with Crippen molar-refractivity contribution in [3.8, 4) is 0 Å². The van der Waals surface area contributed by atoms with Crippen LogP contribution in [-0.2, 0) is 0 Å². The molecule has 3 nitrogen and oxygen atoms in total. The van der Waals surface area contributed by atoms with Crippen LogP contribution in [0.25, 0.3) is 0 Å². The van der Waals surface area contributed by atoms with Crippen LogP contribution in [0.1, 0.15) is 26.7 Å². The lowest BCUT2D eigenvalue weighted by molar-refractivity contribution is 0.105. The first-order valence-electron chi connectivity index (χ1n) is 3.56. The number of hydrogen-bond acceptors (Lipinski definition) is 1. The van der Waals surface area contributed by atoms with Gasteiger partial charge in [0.2, 0.25) is 0 Å². The predicted molar refractivity (Wildman–Crippen MR) is 38.0 cm³/mol. The Hall–Kier alpha value is -0.730. The number of nitrogens with one attached hydrogen (secondary N) is 1. The molecule has 3 heteroatoms. The molecule has 10 heavy (non-hydrogen) atoms. The molecule has 1 rings (SSSR count). The largest absolute Gasteiger partial charge is 0.465 e. The highest BCUT2D eigenvalue weighted by molar-refractivity contribution is 5.65. The van der Waals surface area contributed by atoms with Gasteiger partial charge in [0.25, 0.3) is 0 Å². The molecule has 0 heterocycles. The van der Waals surface area contributed by atoms with E-state index in [4.69, 9.17) is 5.11 Å². The van der Waals surface area contributed by atoms with Gasteiger partial charge >= 0.3 is 6.09 Å². The first kappa shape index (κ1) is 7.38. The van der Waals surface area contributed by atoms with E-state index in [1.165, 1.54) is 0 Å². The van der Waals surface area contributed by atoms with Crippen LogP contribution in [0.2, 0.25) is 0 Å². The topological polar surface area (TPSA) is 49.3 Å². The van der Waals surface area contributed by atoms with Crippen LogP contribution < -0.4 is 5.32 Å². The fourth-order valence-electron chi connectivity index (χ4n) is 1.30. The lowest BCUT2D eigenvalue weighted by atomic mass is 9.69. The molecule has 1 saturated carbocycles. The molecule has 2 N–H and O–H groups in total. The fourth-order valence-corrected chi connectivity index (χ4v) is 1.30. The van der Waals surface area contributed by atoms with Crippen molar-refractivity contribution in [1.82, 2.24) is 5.32 Å². The van der Waals surface area contributed by atoms with Crippen LogP contribution >= 0.6 is 0 Å². The van der Waals surface area contributed by atoms with Crippen molar-refractivity contribution in [2.75, 3.05) is 0 Å².